The fraction of sp³-hybridized carbons (Fsp3) is 0.182. The maximum Gasteiger partial charge on any atom is 0.165 e. The number of nitrogens with one attached hydrogen (secondary N) is 2. The summed E-state index contributed by atoms with van der Waals surface area (Å²) in [5, 5.41) is 6.95. The summed E-state index contributed by atoms with van der Waals surface area (Å²) < 4.78 is 18.8. The zero-order valence-corrected chi connectivity index (χ0v) is 14.7. The van der Waals surface area contributed by atoms with E-state index in [9.17, 15) is 4.39 Å². The van der Waals surface area contributed by atoms with Gasteiger partial charge >= 0.3 is 0 Å². The molecule has 3 nitrogen and oxygen atoms in total. The number of ether oxygens (including phenoxy) is 1. The molecule has 0 bridgehead atoms. The van der Waals surface area contributed by atoms with Crippen LogP contribution in [0.1, 0.15) is 17.5 Å². The Kier molecular flexibility index (Phi) is 4.48. The lowest BCUT2D eigenvalue weighted by Crippen LogP contribution is -2.17. The summed E-state index contributed by atoms with van der Waals surface area (Å²) in [6.45, 7) is 0.580. The Morgan fingerprint density at radius 2 is 2.04 bits per heavy atom. The molecule has 0 aromatic heterocycles. The Balaban J connectivity index is 1.46. The minimum atomic E-state index is -0.333. The van der Waals surface area contributed by atoms with E-state index in [4.69, 9.17) is 4.74 Å². The molecule has 0 radical (unpaired) electrons. The second-order valence-electron chi connectivity index (χ2n) is 6.49. The topological polar surface area (TPSA) is 33.3 Å². The number of halogens is 1. The van der Waals surface area contributed by atoms with Crippen LogP contribution in [0.15, 0.2) is 77.7 Å². The molecule has 2 aromatic rings. The number of para-hydroxylation sites is 1. The van der Waals surface area contributed by atoms with Crippen molar-refractivity contribution >= 4 is 5.69 Å². The summed E-state index contributed by atoms with van der Waals surface area (Å²) in [5.41, 5.74) is 6.92. The van der Waals surface area contributed by atoms with Gasteiger partial charge in [0.05, 0.1) is 7.11 Å². The molecule has 132 valence electrons. The molecule has 2 aromatic carbocycles. The van der Waals surface area contributed by atoms with Gasteiger partial charge in [0.1, 0.15) is 0 Å². The number of allylic oxidation sites excluding steroid dienone is 5. The molecule has 0 saturated carbocycles. The van der Waals surface area contributed by atoms with Crippen molar-refractivity contribution in [3.05, 3.63) is 94.6 Å². The van der Waals surface area contributed by atoms with E-state index in [1.807, 2.05) is 6.07 Å². The van der Waals surface area contributed by atoms with Crippen molar-refractivity contribution in [2.45, 2.75) is 19.4 Å². The van der Waals surface area contributed by atoms with Crippen LogP contribution in [0.3, 0.4) is 0 Å². The van der Waals surface area contributed by atoms with Gasteiger partial charge in [0, 0.05) is 30.0 Å². The van der Waals surface area contributed by atoms with Gasteiger partial charge in [-0.25, -0.2) is 4.39 Å². The number of hydrogen-bond donors (Lipinski definition) is 2. The quantitative estimate of drug-likeness (QED) is 0.841. The van der Waals surface area contributed by atoms with E-state index in [2.05, 4.69) is 53.1 Å². The minimum absolute atomic E-state index is 0.271. The number of fused-ring (bicyclic) bond motifs is 2. The van der Waals surface area contributed by atoms with Gasteiger partial charge in [-0.2, -0.15) is 0 Å². The highest BCUT2D eigenvalue weighted by atomic mass is 19.1. The van der Waals surface area contributed by atoms with Gasteiger partial charge in [-0.1, -0.05) is 30.3 Å². The van der Waals surface area contributed by atoms with E-state index in [0.29, 0.717) is 6.54 Å². The van der Waals surface area contributed by atoms with Crippen molar-refractivity contribution < 1.29 is 9.13 Å². The van der Waals surface area contributed by atoms with E-state index in [-0.39, 0.29) is 11.6 Å². The molecule has 0 amide bonds. The predicted octanol–water partition coefficient (Wildman–Crippen LogP) is 4.69. The van der Waals surface area contributed by atoms with E-state index in [1.54, 1.807) is 6.07 Å². The van der Waals surface area contributed by atoms with Crippen molar-refractivity contribution in [1.29, 1.82) is 0 Å². The summed E-state index contributed by atoms with van der Waals surface area (Å²) in [6, 6.07) is 13.4. The van der Waals surface area contributed by atoms with Gasteiger partial charge in [0.2, 0.25) is 0 Å². The highest BCUT2D eigenvalue weighted by Crippen LogP contribution is 2.30. The zero-order valence-electron chi connectivity index (χ0n) is 14.7. The average molecular weight is 348 g/mol. The van der Waals surface area contributed by atoms with Gasteiger partial charge in [0.25, 0.3) is 0 Å². The van der Waals surface area contributed by atoms with Crippen molar-refractivity contribution in [3.8, 4) is 5.75 Å². The molecule has 4 heteroatoms. The fourth-order valence-corrected chi connectivity index (χ4v) is 3.31. The molecule has 1 aliphatic carbocycles. The van der Waals surface area contributed by atoms with Crippen LogP contribution in [0.5, 0.6) is 5.75 Å². The number of hydrogen-bond acceptors (Lipinski definition) is 3. The molecule has 26 heavy (non-hydrogen) atoms. The van der Waals surface area contributed by atoms with Gasteiger partial charge in [-0.15, -0.1) is 0 Å². The van der Waals surface area contributed by atoms with Crippen molar-refractivity contribution in [1.82, 2.24) is 5.32 Å². The maximum atomic E-state index is 13.8. The lowest BCUT2D eigenvalue weighted by molar-refractivity contribution is 0.386. The van der Waals surface area contributed by atoms with E-state index < -0.39 is 0 Å². The molecule has 1 aliphatic heterocycles. The average Bonchev–Trinajstić information content (AvgIpc) is 2.85. The molecule has 2 aliphatic rings. The van der Waals surface area contributed by atoms with E-state index in [1.165, 1.54) is 30.0 Å². The number of methoxy groups -OCH3 is 1. The third-order valence-corrected chi connectivity index (χ3v) is 4.77. The molecule has 0 atom stereocenters. The number of rotatable bonds is 4. The van der Waals surface area contributed by atoms with Gasteiger partial charge in [-0.05, 0) is 53.5 Å². The van der Waals surface area contributed by atoms with E-state index >= 15 is 0 Å². The normalized spacial score (nSPS) is 15.4. The first kappa shape index (κ1) is 16.5. The Morgan fingerprint density at radius 1 is 1.15 bits per heavy atom. The molecule has 1 heterocycles. The highest BCUT2D eigenvalue weighted by Gasteiger charge is 2.16. The summed E-state index contributed by atoms with van der Waals surface area (Å²) in [5.74, 6) is -0.0625. The molecule has 0 fully saturated rings. The molecular weight excluding hydrogens is 327 g/mol. The van der Waals surface area contributed by atoms with Crippen LogP contribution in [0, 0.1) is 5.82 Å². The van der Waals surface area contributed by atoms with Crippen LogP contribution in [-0.2, 0) is 13.0 Å². The number of anilines is 1. The summed E-state index contributed by atoms with van der Waals surface area (Å²) in [7, 11) is 1.47. The smallest absolute Gasteiger partial charge is 0.165 e. The largest absolute Gasteiger partial charge is 0.494 e. The molecule has 4 rings (SSSR count). The van der Waals surface area contributed by atoms with Crippen molar-refractivity contribution in [2.24, 2.45) is 0 Å². The van der Waals surface area contributed by atoms with Gasteiger partial charge in [0.15, 0.2) is 11.6 Å². The predicted molar refractivity (Wildman–Crippen MR) is 102 cm³/mol. The van der Waals surface area contributed by atoms with Crippen LogP contribution < -0.4 is 15.4 Å². The second kappa shape index (κ2) is 7.08. The van der Waals surface area contributed by atoms with Crippen LogP contribution in [-0.4, -0.2) is 7.11 Å². The van der Waals surface area contributed by atoms with Crippen LogP contribution in [0.25, 0.3) is 0 Å². The van der Waals surface area contributed by atoms with Gasteiger partial charge in [-0.3, -0.25) is 0 Å². The first-order chi connectivity index (χ1) is 12.7. The van der Waals surface area contributed by atoms with Gasteiger partial charge < -0.3 is 15.4 Å². The zero-order chi connectivity index (χ0) is 17.9. The lowest BCUT2D eigenvalue weighted by atomic mass is 10.00. The van der Waals surface area contributed by atoms with Crippen LogP contribution >= 0.6 is 0 Å². The molecular formula is C22H21FN2O. The third-order valence-electron chi connectivity index (χ3n) is 4.77. The Labute approximate surface area is 152 Å². The molecule has 2 N–H and O–H groups in total. The maximum absolute atomic E-state index is 13.8. The summed E-state index contributed by atoms with van der Waals surface area (Å²) in [4.78, 5) is 0. The van der Waals surface area contributed by atoms with Crippen molar-refractivity contribution in [3.63, 3.8) is 0 Å². The molecule has 0 spiro atoms. The standard InChI is InChI=1S/C22H21FN2O/c1-26-22-11-6-15(12-19(22)23)14-24-18-9-10-21-17(13-18)8-7-16-4-2-3-5-20(16)25-21/h2-6,8-12,24-25H,7,13-14H2,1H3. The lowest BCUT2D eigenvalue weighted by Gasteiger charge is -2.20. The summed E-state index contributed by atoms with van der Waals surface area (Å²) in [6.07, 6.45) is 8.24. The monoisotopic (exact) mass is 348 g/mol. The van der Waals surface area contributed by atoms with E-state index in [0.717, 1.165) is 29.8 Å². The molecule has 0 saturated heterocycles. The third kappa shape index (κ3) is 3.36. The first-order valence-corrected chi connectivity index (χ1v) is 8.74. The Hall–Kier alpha value is -3.01. The summed E-state index contributed by atoms with van der Waals surface area (Å²) >= 11 is 0. The van der Waals surface area contributed by atoms with Crippen molar-refractivity contribution in [2.75, 3.05) is 12.4 Å². The SMILES string of the molecule is COc1ccc(CNC2=CC=C3Nc4ccccc4CC=C3C2)cc1F. The Bertz CT molecular complexity index is 927. The minimum Gasteiger partial charge on any atom is -0.494 e. The van der Waals surface area contributed by atoms with Crippen LogP contribution in [0.4, 0.5) is 10.1 Å². The molecule has 0 unspecified atom stereocenters. The second-order valence-corrected chi connectivity index (χ2v) is 6.49. The van der Waals surface area contributed by atoms with Crippen LogP contribution in [0.2, 0.25) is 0 Å². The first-order valence-electron chi connectivity index (χ1n) is 8.74. The number of benzene rings is 2. The highest BCUT2D eigenvalue weighted by molar-refractivity contribution is 5.63. The fourth-order valence-electron chi connectivity index (χ4n) is 3.31. The Morgan fingerprint density at radius 3 is 2.88 bits per heavy atom.